The van der Waals surface area contributed by atoms with Crippen molar-refractivity contribution in [3.8, 4) is 0 Å². The summed E-state index contributed by atoms with van der Waals surface area (Å²) in [4.78, 5) is 11.5. The monoisotopic (exact) mass is 260 g/mol. The van der Waals surface area contributed by atoms with E-state index in [-0.39, 0.29) is 35.3 Å². The maximum Gasteiger partial charge on any atom is 1.00 e. The summed E-state index contributed by atoms with van der Waals surface area (Å²) in [5.41, 5.74) is 1.94. The van der Waals surface area contributed by atoms with Gasteiger partial charge in [-0.05, 0) is 29.3 Å². The van der Waals surface area contributed by atoms with Crippen LogP contribution in [0.15, 0.2) is 34.5 Å². The number of hydrogen-bond donors (Lipinski definition) is 0. The zero-order valence-corrected chi connectivity index (χ0v) is 11.3. The quantitative estimate of drug-likeness (QED) is 0.322. The molecular weight excluding hydrogens is 255 g/mol. The first-order valence-electron chi connectivity index (χ1n) is 3.86. The summed E-state index contributed by atoms with van der Waals surface area (Å²) in [5, 5.41) is 10.5. The number of carbonyl (C=O) groups is 1. The Hall–Kier alpha value is -0.0900. The molecule has 0 spiro atoms. The van der Waals surface area contributed by atoms with Gasteiger partial charge in [-0.1, -0.05) is 15.9 Å². The Bertz CT molecular complexity index is 413. The van der Waals surface area contributed by atoms with Crippen molar-refractivity contribution in [2.75, 3.05) is 0 Å². The van der Waals surface area contributed by atoms with Crippen molar-refractivity contribution in [3.63, 3.8) is 0 Å². The molecule has 0 N–H and O–H groups in total. The molecule has 0 aliphatic heterocycles. The molecule has 0 amide bonds. The molecule has 1 aliphatic rings. The van der Waals surface area contributed by atoms with E-state index in [2.05, 4.69) is 15.9 Å². The van der Waals surface area contributed by atoms with Crippen molar-refractivity contribution in [1.82, 2.24) is 0 Å². The van der Waals surface area contributed by atoms with E-state index in [0.717, 1.165) is 10.0 Å². The van der Waals surface area contributed by atoms with Gasteiger partial charge in [-0.3, -0.25) is 4.79 Å². The average Bonchev–Trinajstić information content (AvgIpc) is 2.42. The number of Topliss-reactive ketones (excluding diaryl/α,β-unsaturated/α-hetero) is 1. The number of rotatable bonds is 0. The summed E-state index contributed by atoms with van der Waals surface area (Å²) < 4.78 is 0.936. The number of allylic oxidation sites excluding steroid dienone is 1. The van der Waals surface area contributed by atoms with Gasteiger partial charge < -0.3 is 5.11 Å². The fourth-order valence-electron chi connectivity index (χ4n) is 1.48. The Morgan fingerprint density at radius 3 is 2.79 bits per heavy atom. The first-order chi connectivity index (χ1) is 6.22. The molecule has 14 heavy (non-hydrogen) atoms. The van der Waals surface area contributed by atoms with Gasteiger partial charge in [-0.25, -0.2) is 0 Å². The minimum absolute atomic E-state index is 0. The second-order valence-corrected chi connectivity index (χ2v) is 3.87. The molecule has 1 aliphatic carbocycles. The van der Waals surface area contributed by atoms with Crippen molar-refractivity contribution in [2.45, 2.75) is 6.42 Å². The van der Waals surface area contributed by atoms with Crippen LogP contribution >= 0.6 is 15.9 Å². The topological polar surface area (TPSA) is 40.1 Å². The molecule has 1 aromatic carbocycles. The second-order valence-electron chi connectivity index (χ2n) is 2.95. The van der Waals surface area contributed by atoms with E-state index in [9.17, 15) is 9.90 Å². The van der Waals surface area contributed by atoms with E-state index >= 15 is 0 Å². The smallest absolute Gasteiger partial charge is 0.878 e. The number of fused-ring (bicyclic) bond motifs is 1. The first-order valence-corrected chi connectivity index (χ1v) is 4.66. The molecule has 0 heterocycles. The standard InChI is InChI=1S/C10H7BrO2.Na/c11-8-1-2-9-6(4-8)3-7(5-12)10(9)13;/h1-2,4-5,12H,3H2;/q;+1/p-1/b7-5-;. The summed E-state index contributed by atoms with van der Waals surface area (Å²) in [7, 11) is 0. The SMILES string of the molecule is O=C1/C(=C\[O-])Cc2cc(Br)ccc21.[Na+]. The van der Waals surface area contributed by atoms with Crippen molar-refractivity contribution in [1.29, 1.82) is 0 Å². The number of halogens is 1. The van der Waals surface area contributed by atoms with Gasteiger partial charge in [0.1, 0.15) is 0 Å². The first kappa shape index (κ1) is 12.0. The Morgan fingerprint density at radius 1 is 1.43 bits per heavy atom. The molecule has 4 heteroatoms. The average molecular weight is 261 g/mol. The predicted molar refractivity (Wildman–Crippen MR) is 50.3 cm³/mol. The number of hydrogen-bond acceptors (Lipinski definition) is 2. The third-order valence-corrected chi connectivity index (χ3v) is 2.62. The largest absolute Gasteiger partial charge is 1.00 e. The van der Waals surface area contributed by atoms with Crippen LogP contribution in [-0.4, -0.2) is 5.78 Å². The molecule has 2 nitrogen and oxygen atoms in total. The summed E-state index contributed by atoms with van der Waals surface area (Å²) in [6, 6.07) is 5.44. The maximum absolute atomic E-state index is 11.5. The summed E-state index contributed by atoms with van der Waals surface area (Å²) >= 11 is 3.32. The summed E-state index contributed by atoms with van der Waals surface area (Å²) in [6.45, 7) is 0. The van der Waals surface area contributed by atoms with Gasteiger partial charge in [0.15, 0.2) is 5.78 Å². The zero-order chi connectivity index (χ0) is 9.42. The van der Waals surface area contributed by atoms with E-state index in [1.54, 1.807) is 6.07 Å². The van der Waals surface area contributed by atoms with E-state index in [1.165, 1.54) is 0 Å². The Morgan fingerprint density at radius 2 is 2.14 bits per heavy atom. The van der Waals surface area contributed by atoms with Crippen LogP contribution < -0.4 is 34.7 Å². The molecule has 0 aromatic heterocycles. The minimum atomic E-state index is -0.127. The van der Waals surface area contributed by atoms with Crippen LogP contribution in [0.2, 0.25) is 0 Å². The molecule has 0 bridgehead atoms. The third-order valence-electron chi connectivity index (χ3n) is 2.13. The number of benzene rings is 1. The Labute approximate surface area is 112 Å². The van der Waals surface area contributed by atoms with Crippen LogP contribution in [0.5, 0.6) is 0 Å². The molecule has 0 atom stereocenters. The normalized spacial score (nSPS) is 16.6. The van der Waals surface area contributed by atoms with Gasteiger partial charge in [0.25, 0.3) is 0 Å². The van der Waals surface area contributed by atoms with Crippen molar-refractivity contribution in [3.05, 3.63) is 45.6 Å². The fraction of sp³-hybridized carbons (Fsp3) is 0.100. The van der Waals surface area contributed by atoms with Gasteiger partial charge >= 0.3 is 29.6 Å². The van der Waals surface area contributed by atoms with Crippen LogP contribution in [0, 0.1) is 0 Å². The molecular formula is C10H6BrNaO2. The van der Waals surface area contributed by atoms with Crippen molar-refractivity contribution >= 4 is 21.7 Å². The maximum atomic E-state index is 11.5. The van der Waals surface area contributed by atoms with Gasteiger partial charge in [0.05, 0.1) is 0 Å². The molecule has 0 saturated carbocycles. The third kappa shape index (κ3) is 1.96. The van der Waals surface area contributed by atoms with Gasteiger partial charge in [0, 0.05) is 16.5 Å². The molecule has 66 valence electrons. The van der Waals surface area contributed by atoms with Gasteiger partial charge in [-0.15, -0.1) is 6.26 Å². The van der Waals surface area contributed by atoms with Crippen LogP contribution in [-0.2, 0) is 6.42 Å². The van der Waals surface area contributed by atoms with Crippen LogP contribution in [0.25, 0.3) is 0 Å². The Balaban J connectivity index is 0.000000980. The molecule has 1 aromatic rings. The minimum Gasteiger partial charge on any atom is -0.878 e. The van der Waals surface area contributed by atoms with E-state index in [4.69, 9.17) is 0 Å². The zero-order valence-electron chi connectivity index (χ0n) is 7.71. The molecule has 2 rings (SSSR count). The van der Waals surface area contributed by atoms with Crippen molar-refractivity contribution in [2.24, 2.45) is 0 Å². The summed E-state index contributed by atoms with van der Waals surface area (Å²) in [5.74, 6) is -0.127. The van der Waals surface area contributed by atoms with Crippen molar-refractivity contribution < 1.29 is 39.5 Å². The van der Waals surface area contributed by atoms with E-state index in [0.29, 0.717) is 23.8 Å². The van der Waals surface area contributed by atoms with Gasteiger partial charge in [0.2, 0.25) is 0 Å². The molecule has 0 unspecified atom stereocenters. The number of carbonyl (C=O) groups excluding carboxylic acids is 1. The summed E-state index contributed by atoms with van der Waals surface area (Å²) in [6.07, 6.45) is 1.12. The van der Waals surface area contributed by atoms with Crippen LogP contribution in [0.3, 0.4) is 0 Å². The van der Waals surface area contributed by atoms with Gasteiger partial charge in [-0.2, -0.15) is 0 Å². The molecule has 0 fully saturated rings. The molecule has 0 radical (unpaired) electrons. The Kier molecular flexibility index (Phi) is 3.95. The second kappa shape index (κ2) is 4.62. The van der Waals surface area contributed by atoms with E-state index in [1.807, 2.05) is 12.1 Å². The fourth-order valence-corrected chi connectivity index (χ4v) is 1.89. The number of ketones is 1. The predicted octanol–water partition coefficient (Wildman–Crippen LogP) is -1.56. The van der Waals surface area contributed by atoms with E-state index < -0.39 is 0 Å². The van der Waals surface area contributed by atoms with Crippen LogP contribution in [0.4, 0.5) is 0 Å². The molecule has 0 saturated heterocycles. The van der Waals surface area contributed by atoms with Crippen LogP contribution in [0.1, 0.15) is 15.9 Å².